The van der Waals surface area contributed by atoms with E-state index in [0.717, 1.165) is 21.2 Å². The summed E-state index contributed by atoms with van der Waals surface area (Å²) in [7, 11) is 2.21. The Hall–Kier alpha value is -2.30. The van der Waals surface area contributed by atoms with Crippen LogP contribution in [0.5, 0.6) is 17.2 Å². The maximum absolute atomic E-state index is 12.3. The molecule has 2 aromatic rings. The first kappa shape index (κ1) is 21.0. The van der Waals surface area contributed by atoms with Gasteiger partial charge in [0.15, 0.2) is 11.5 Å². The minimum atomic E-state index is -3.67. The van der Waals surface area contributed by atoms with Crippen LogP contribution in [0.1, 0.15) is 5.56 Å². The smallest absolute Gasteiger partial charge is 0.252 e. The van der Waals surface area contributed by atoms with Gasteiger partial charge in [-0.25, -0.2) is 8.42 Å². The monoisotopic (exact) mass is 414 g/mol. The Morgan fingerprint density at radius 2 is 1.78 bits per heavy atom. The molecule has 0 aliphatic heterocycles. The maximum Gasteiger partial charge on any atom is 0.252 e. The van der Waals surface area contributed by atoms with Crippen LogP contribution in [0.4, 0.5) is 0 Å². The Labute approximate surface area is 162 Å². The van der Waals surface area contributed by atoms with Gasteiger partial charge in [0.2, 0.25) is 11.7 Å². The molecule has 0 saturated carbocycles. The van der Waals surface area contributed by atoms with Crippen molar-refractivity contribution in [2.75, 3.05) is 34.9 Å². The fourth-order valence-electron chi connectivity index (χ4n) is 2.35. The summed E-state index contributed by atoms with van der Waals surface area (Å²) in [5, 5.41) is 4.37. The van der Waals surface area contributed by atoms with Crippen LogP contribution < -0.4 is 19.5 Å². The van der Waals surface area contributed by atoms with Gasteiger partial charge in [-0.3, -0.25) is 4.79 Å². The zero-order chi connectivity index (χ0) is 20.0. The zero-order valence-electron chi connectivity index (χ0n) is 15.5. The summed E-state index contributed by atoms with van der Waals surface area (Å²) in [6.45, 7) is -0.104. The lowest BCUT2D eigenvalue weighted by Crippen LogP contribution is -2.37. The number of thiophene rings is 1. The van der Waals surface area contributed by atoms with Crippen LogP contribution in [0, 0.1) is 0 Å². The van der Waals surface area contributed by atoms with Crippen molar-refractivity contribution in [1.29, 1.82) is 0 Å². The highest BCUT2D eigenvalue weighted by Crippen LogP contribution is 2.38. The Balaban J connectivity index is 2.03. The number of hydrogen-bond acceptors (Lipinski definition) is 7. The lowest BCUT2D eigenvalue weighted by molar-refractivity contribution is -0.121. The van der Waals surface area contributed by atoms with Crippen LogP contribution in [-0.4, -0.2) is 53.6 Å². The molecule has 1 aromatic carbocycles. The van der Waals surface area contributed by atoms with Gasteiger partial charge in [-0.2, -0.15) is 4.31 Å². The van der Waals surface area contributed by atoms with E-state index in [2.05, 4.69) is 5.32 Å². The van der Waals surface area contributed by atoms with Crippen molar-refractivity contribution in [3.8, 4) is 17.2 Å². The summed E-state index contributed by atoms with van der Waals surface area (Å²) in [4.78, 5) is 12.2. The molecule has 0 atom stereocenters. The quantitative estimate of drug-likeness (QED) is 0.671. The second-order valence-corrected chi connectivity index (χ2v) is 8.72. The molecule has 0 aliphatic carbocycles. The first-order valence-electron chi connectivity index (χ1n) is 7.89. The van der Waals surface area contributed by atoms with Crippen molar-refractivity contribution in [3.05, 3.63) is 35.2 Å². The molecule has 0 aliphatic rings. The average Bonchev–Trinajstić information content (AvgIpc) is 3.20. The molecule has 0 saturated heterocycles. The molecule has 2 rings (SSSR count). The van der Waals surface area contributed by atoms with Gasteiger partial charge in [-0.15, -0.1) is 11.3 Å². The molecule has 0 bridgehead atoms. The van der Waals surface area contributed by atoms with Crippen LogP contribution in [0.25, 0.3) is 0 Å². The van der Waals surface area contributed by atoms with Gasteiger partial charge >= 0.3 is 0 Å². The summed E-state index contributed by atoms with van der Waals surface area (Å²) >= 11 is 1.11. The Morgan fingerprint density at radius 3 is 2.26 bits per heavy atom. The summed E-state index contributed by atoms with van der Waals surface area (Å²) < 4.78 is 41.7. The SMILES string of the molecule is COc1cc(CNC(=O)CN(C)S(=O)(=O)c2cccs2)cc(OC)c1OC. The standard InChI is InChI=1S/C17H22N2O6S2/c1-19(27(21,22)16-6-5-7-26-16)11-15(20)18-10-12-8-13(23-2)17(25-4)14(9-12)24-3/h5-9H,10-11H2,1-4H3,(H,18,20). The second-order valence-electron chi connectivity index (χ2n) is 5.50. The van der Waals surface area contributed by atoms with Crippen molar-refractivity contribution in [1.82, 2.24) is 9.62 Å². The maximum atomic E-state index is 12.3. The van der Waals surface area contributed by atoms with Crippen molar-refractivity contribution in [2.24, 2.45) is 0 Å². The number of amides is 1. The fourth-order valence-corrected chi connectivity index (χ4v) is 4.67. The van der Waals surface area contributed by atoms with Gasteiger partial charge in [-0.1, -0.05) is 6.07 Å². The number of likely N-dealkylation sites (N-methyl/N-ethyl adjacent to an activating group) is 1. The first-order valence-corrected chi connectivity index (χ1v) is 10.2. The summed E-state index contributed by atoms with van der Waals surface area (Å²) in [6, 6.07) is 6.59. The molecule has 10 heteroatoms. The summed E-state index contributed by atoms with van der Waals surface area (Å²) in [6.07, 6.45) is 0. The van der Waals surface area contributed by atoms with E-state index in [-0.39, 0.29) is 17.3 Å². The largest absolute Gasteiger partial charge is 0.493 e. The van der Waals surface area contributed by atoms with Crippen molar-refractivity contribution >= 4 is 27.3 Å². The molecular weight excluding hydrogens is 392 g/mol. The van der Waals surface area contributed by atoms with Gasteiger partial charge in [0.1, 0.15) is 4.21 Å². The van der Waals surface area contributed by atoms with Crippen molar-refractivity contribution < 1.29 is 27.4 Å². The van der Waals surface area contributed by atoms with Crippen molar-refractivity contribution in [3.63, 3.8) is 0 Å². The van der Waals surface area contributed by atoms with Gasteiger partial charge in [0.25, 0.3) is 10.0 Å². The predicted octanol–water partition coefficient (Wildman–Crippen LogP) is 1.71. The topological polar surface area (TPSA) is 94.2 Å². The minimum Gasteiger partial charge on any atom is -0.493 e. The van der Waals surface area contributed by atoms with Crippen LogP contribution >= 0.6 is 11.3 Å². The molecule has 0 radical (unpaired) electrons. The minimum absolute atomic E-state index is 0.183. The third-order valence-corrected chi connectivity index (χ3v) is 6.92. The molecule has 1 amide bonds. The summed E-state index contributed by atoms with van der Waals surface area (Å²) in [5.41, 5.74) is 0.724. The molecule has 0 spiro atoms. The third kappa shape index (κ3) is 4.90. The molecule has 1 N–H and O–H groups in total. The van der Waals surface area contributed by atoms with E-state index in [0.29, 0.717) is 17.2 Å². The molecule has 1 aromatic heterocycles. The number of rotatable bonds is 9. The zero-order valence-corrected chi connectivity index (χ0v) is 17.1. The van der Waals surface area contributed by atoms with Crippen molar-refractivity contribution in [2.45, 2.75) is 10.8 Å². The van der Waals surface area contributed by atoms with E-state index in [9.17, 15) is 13.2 Å². The lowest BCUT2D eigenvalue weighted by atomic mass is 10.1. The fraction of sp³-hybridized carbons (Fsp3) is 0.353. The highest BCUT2D eigenvalue weighted by molar-refractivity contribution is 7.91. The number of benzene rings is 1. The van der Waals surface area contributed by atoms with Gasteiger partial charge in [0.05, 0.1) is 27.9 Å². The molecule has 1 heterocycles. The van der Waals surface area contributed by atoms with E-state index < -0.39 is 15.9 Å². The lowest BCUT2D eigenvalue weighted by Gasteiger charge is -2.17. The molecule has 8 nitrogen and oxygen atoms in total. The van der Waals surface area contributed by atoms with Crippen LogP contribution in [0.3, 0.4) is 0 Å². The van der Waals surface area contributed by atoms with Crippen LogP contribution in [-0.2, 0) is 21.4 Å². The number of methoxy groups -OCH3 is 3. The normalized spacial score (nSPS) is 11.3. The highest BCUT2D eigenvalue weighted by Gasteiger charge is 2.23. The van der Waals surface area contributed by atoms with Crippen LogP contribution in [0.15, 0.2) is 33.9 Å². The predicted molar refractivity (Wildman–Crippen MR) is 102 cm³/mol. The first-order chi connectivity index (χ1) is 12.8. The summed E-state index contributed by atoms with van der Waals surface area (Å²) in [5.74, 6) is 0.972. The Kier molecular flexibility index (Phi) is 7.05. The van der Waals surface area contributed by atoms with Gasteiger partial charge in [-0.05, 0) is 29.1 Å². The molecule has 148 valence electrons. The molecule has 0 unspecified atom stereocenters. The average molecular weight is 415 g/mol. The van der Waals surface area contributed by atoms with Gasteiger partial charge in [0, 0.05) is 13.6 Å². The number of sulfonamides is 1. The third-order valence-electron chi connectivity index (χ3n) is 3.74. The van der Waals surface area contributed by atoms with E-state index in [4.69, 9.17) is 14.2 Å². The van der Waals surface area contributed by atoms with E-state index in [1.54, 1.807) is 23.6 Å². The highest BCUT2D eigenvalue weighted by atomic mass is 32.2. The number of carbonyl (C=O) groups is 1. The Morgan fingerprint density at radius 1 is 1.15 bits per heavy atom. The second kappa shape index (κ2) is 9.07. The number of nitrogens with zero attached hydrogens (tertiary/aromatic N) is 1. The number of carbonyl (C=O) groups excluding carboxylic acids is 1. The molecule has 0 fully saturated rings. The number of nitrogens with one attached hydrogen (secondary N) is 1. The van der Waals surface area contributed by atoms with E-state index in [1.807, 2.05) is 0 Å². The van der Waals surface area contributed by atoms with Gasteiger partial charge < -0.3 is 19.5 Å². The van der Waals surface area contributed by atoms with E-state index in [1.165, 1.54) is 34.4 Å². The van der Waals surface area contributed by atoms with Crippen LogP contribution in [0.2, 0.25) is 0 Å². The molecule has 27 heavy (non-hydrogen) atoms. The van der Waals surface area contributed by atoms with E-state index >= 15 is 0 Å². The Bertz CT molecular complexity index is 856. The number of ether oxygens (including phenoxy) is 3. The number of hydrogen-bond donors (Lipinski definition) is 1. The molecular formula is C17H22N2O6S2.